The van der Waals surface area contributed by atoms with Gasteiger partial charge in [-0.1, -0.05) is 84.1 Å². The number of rotatable bonds is 12. The smallest absolute Gasteiger partial charge is 0.306 e. The second-order valence-electron chi connectivity index (χ2n) is 13.0. The molecule has 0 saturated heterocycles. The molecule has 0 aromatic rings. The van der Waals surface area contributed by atoms with E-state index in [0.29, 0.717) is 24.0 Å². The van der Waals surface area contributed by atoms with E-state index in [0.717, 1.165) is 44.4 Å². The van der Waals surface area contributed by atoms with Gasteiger partial charge < -0.3 is 4.74 Å². The molecule has 4 rings (SSSR count). The van der Waals surface area contributed by atoms with Gasteiger partial charge in [0, 0.05) is 18.3 Å². The zero-order valence-electron chi connectivity index (χ0n) is 23.0. The summed E-state index contributed by atoms with van der Waals surface area (Å²) in [5.74, 6) is 2.49. The highest BCUT2D eigenvalue weighted by Gasteiger charge is 2.59. The molecule has 4 aliphatic rings. The van der Waals surface area contributed by atoms with Crippen LogP contribution in [0.15, 0.2) is 11.6 Å². The van der Waals surface area contributed by atoms with E-state index in [2.05, 4.69) is 20.8 Å². The van der Waals surface area contributed by atoms with E-state index in [1.165, 1.54) is 82.6 Å². The molecule has 35 heavy (non-hydrogen) atoms. The Bertz CT molecular complexity index is 769. The average Bonchev–Trinajstić information content (AvgIpc) is 3.16. The van der Waals surface area contributed by atoms with E-state index in [4.69, 9.17) is 4.74 Å². The van der Waals surface area contributed by atoms with Gasteiger partial charge in [0.25, 0.3) is 0 Å². The minimum absolute atomic E-state index is 0.0465. The van der Waals surface area contributed by atoms with Gasteiger partial charge in [-0.2, -0.15) is 0 Å². The molecule has 0 unspecified atom stereocenters. The van der Waals surface area contributed by atoms with Gasteiger partial charge in [0.1, 0.15) is 6.10 Å². The van der Waals surface area contributed by atoms with Crippen LogP contribution >= 0.6 is 0 Å². The van der Waals surface area contributed by atoms with Crippen molar-refractivity contribution in [1.29, 1.82) is 0 Å². The monoisotopic (exact) mass is 484 g/mol. The molecule has 4 aliphatic carbocycles. The third-order valence-corrected chi connectivity index (χ3v) is 10.9. The quantitative estimate of drug-likeness (QED) is 0.205. The molecule has 3 nitrogen and oxygen atoms in total. The number of unbranched alkanes of at least 4 members (excludes halogenated alkanes) is 9. The molecule has 3 fully saturated rings. The van der Waals surface area contributed by atoms with Crippen molar-refractivity contribution in [2.24, 2.45) is 28.6 Å². The van der Waals surface area contributed by atoms with Crippen molar-refractivity contribution in [3.63, 3.8) is 0 Å². The first-order chi connectivity index (χ1) is 16.9. The van der Waals surface area contributed by atoms with Gasteiger partial charge in [0.2, 0.25) is 0 Å². The number of hydrogen-bond acceptors (Lipinski definition) is 3. The second kappa shape index (κ2) is 12.0. The largest absolute Gasteiger partial charge is 0.462 e. The number of carbonyl (C=O) groups excluding carboxylic acids is 2. The molecule has 0 N–H and O–H groups in total. The number of esters is 1. The van der Waals surface area contributed by atoms with E-state index < -0.39 is 0 Å². The average molecular weight is 485 g/mol. The molecular formula is C32H52O3. The molecule has 0 aliphatic heterocycles. The topological polar surface area (TPSA) is 43.4 Å². The van der Waals surface area contributed by atoms with Crippen LogP contribution in [0.25, 0.3) is 0 Å². The van der Waals surface area contributed by atoms with Crippen molar-refractivity contribution in [2.45, 2.75) is 149 Å². The SMILES string of the molecule is CCCCCCCCCCCCC(=O)O[C@@H]1CC[C@H]2[C@@H]3CCC4=CC(=O)CC[C@]4(C)[C@H]3CC[C@]12C. The molecular weight excluding hydrogens is 432 g/mol. The van der Waals surface area contributed by atoms with Crippen LogP contribution in [-0.2, 0) is 14.3 Å². The van der Waals surface area contributed by atoms with E-state index in [1.807, 2.05) is 6.08 Å². The highest BCUT2D eigenvalue weighted by molar-refractivity contribution is 5.91. The third-order valence-electron chi connectivity index (χ3n) is 10.9. The number of hydrogen-bond donors (Lipinski definition) is 0. The van der Waals surface area contributed by atoms with E-state index >= 15 is 0 Å². The van der Waals surface area contributed by atoms with Gasteiger partial charge >= 0.3 is 5.97 Å². The fraction of sp³-hybridized carbons (Fsp3) is 0.875. The summed E-state index contributed by atoms with van der Waals surface area (Å²) in [7, 11) is 0. The van der Waals surface area contributed by atoms with Crippen LogP contribution < -0.4 is 0 Å². The maximum atomic E-state index is 12.7. The van der Waals surface area contributed by atoms with Crippen molar-refractivity contribution >= 4 is 11.8 Å². The highest BCUT2D eigenvalue weighted by Crippen LogP contribution is 2.65. The number of ketones is 1. The first-order valence-corrected chi connectivity index (χ1v) is 15.3. The van der Waals surface area contributed by atoms with Crippen LogP contribution in [0.3, 0.4) is 0 Å². The van der Waals surface area contributed by atoms with Crippen LogP contribution in [0.4, 0.5) is 0 Å². The summed E-state index contributed by atoms with van der Waals surface area (Å²) in [4.78, 5) is 24.8. The Morgan fingerprint density at radius 3 is 2.26 bits per heavy atom. The van der Waals surface area contributed by atoms with E-state index in [-0.39, 0.29) is 22.9 Å². The van der Waals surface area contributed by atoms with Gasteiger partial charge in [-0.05, 0) is 80.6 Å². The molecule has 0 bridgehead atoms. The molecule has 6 atom stereocenters. The minimum Gasteiger partial charge on any atom is -0.462 e. The summed E-state index contributed by atoms with van der Waals surface area (Å²) in [6.07, 6.45) is 24.4. The maximum Gasteiger partial charge on any atom is 0.306 e. The first kappa shape index (κ1) is 26.9. The lowest BCUT2D eigenvalue weighted by atomic mass is 9.47. The molecule has 0 radical (unpaired) electrons. The Hall–Kier alpha value is -1.12. The fourth-order valence-corrected chi connectivity index (χ4v) is 8.68. The van der Waals surface area contributed by atoms with Gasteiger partial charge in [0.15, 0.2) is 5.78 Å². The first-order valence-electron chi connectivity index (χ1n) is 15.3. The van der Waals surface area contributed by atoms with Crippen molar-refractivity contribution in [2.75, 3.05) is 0 Å². The lowest BCUT2D eigenvalue weighted by Gasteiger charge is -2.57. The molecule has 3 saturated carbocycles. The molecule has 0 aromatic carbocycles. The van der Waals surface area contributed by atoms with Crippen LogP contribution in [0.1, 0.15) is 143 Å². The summed E-state index contributed by atoms with van der Waals surface area (Å²) < 4.78 is 6.20. The van der Waals surface area contributed by atoms with Crippen molar-refractivity contribution in [1.82, 2.24) is 0 Å². The Morgan fingerprint density at radius 2 is 1.54 bits per heavy atom. The minimum atomic E-state index is 0.0465. The van der Waals surface area contributed by atoms with Crippen LogP contribution in [0.5, 0.6) is 0 Å². The van der Waals surface area contributed by atoms with E-state index in [9.17, 15) is 9.59 Å². The van der Waals surface area contributed by atoms with E-state index in [1.54, 1.807) is 0 Å². The number of allylic oxidation sites excluding steroid dienone is 1. The summed E-state index contributed by atoms with van der Waals surface area (Å²) in [5, 5.41) is 0. The Morgan fingerprint density at radius 1 is 0.857 bits per heavy atom. The highest BCUT2D eigenvalue weighted by atomic mass is 16.5. The summed E-state index contributed by atoms with van der Waals surface area (Å²) in [6.45, 7) is 7.15. The van der Waals surface area contributed by atoms with Gasteiger partial charge in [0.05, 0.1) is 0 Å². The normalized spacial score (nSPS) is 36.2. The number of ether oxygens (including phenoxy) is 1. The Labute approximate surface area is 215 Å². The zero-order valence-corrected chi connectivity index (χ0v) is 23.0. The summed E-state index contributed by atoms with van der Waals surface area (Å²) in [5.41, 5.74) is 1.81. The third kappa shape index (κ3) is 5.90. The number of carbonyl (C=O) groups is 2. The van der Waals surface area contributed by atoms with Crippen molar-refractivity contribution in [3.05, 3.63) is 11.6 Å². The van der Waals surface area contributed by atoms with Gasteiger partial charge in [-0.15, -0.1) is 0 Å². The molecule has 198 valence electrons. The molecule has 0 heterocycles. The van der Waals surface area contributed by atoms with Crippen molar-refractivity contribution in [3.8, 4) is 0 Å². The summed E-state index contributed by atoms with van der Waals surface area (Å²) >= 11 is 0. The fourth-order valence-electron chi connectivity index (χ4n) is 8.68. The molecule has 0 spiro atoms. The summed E-state index contributed by atoms with van der Waals surface area (Å²) in [6, 6.07) is 0. The Kier molecular flexibility index (Phi) is 9.19. The standard InChI is InChI=1S/C32H52O3/c1-4-5-6-7-8-9-10-11-12-13-14-30(34)35-29-18-17-27-26-16-15-24-23-25(33)19-21-31(24,2)28(26)20-22-32(27,29)3/h23,26-29H,4-22H2,1-3H3/t26-,27-,28-,29+,31-,32-/m0/s1. The molecule has 3 heteroatoms. The van der Waals surface area contributed by atoms with Crippen LogP contribution in [0, 0.1) is 28.6 Å². The molecule has 0 amide bonds. The number of fused-ring (bicyclic) bond motifs is 5. The van der Waals surface area contributed by atoms with Crippen LogP contribution in [0.2, 0.25) is 0 Å². The predicted octanol–water partition coefficient (Wildman–Crippen LogP) is 8.74. The predicted molar refractivity (Wildman–Crippen MR) is 143 cm³/mol. The van der Waals surface area contributed by atoms with Crippen LogP contribution in [-0.4, -0.2) is 17.9 Å². The van der Waals surface area contributed by atoms with Gasteiger partial charge in [-0.3, -0.25) is 9.59 Å². The molecule has 0 aromatic heterocycles. The lowest BCUT2D eigenvalue weighted by molar-refractivity contribution is -0.160. The lowest BCUT2D eigenvalue weighted by Crippen LogP contribution is -2.51. The zero-order chi connectivity index (χ0) is 24.9. The maximum absolute atomic E-state index is 12.7. The van der Waals surface area contributed by atoms with Crippen molar-refractivity contribution < 1.29 is 14.3 Å². The second-order valence-corrected chi connectivity index (χ2v) is 13.0. The Balaban J connectivity index is 1.20. The van der Waals surface area contributed by atoms with Gasteiger partial charge in [-0.25, -0.2) is 0 Å².